The van der Waals surface area contributed by atoms with Crippen LogP contribution in [0.5, 0.6) is 0 Å². The van der Waals surface area contributed by atoms with E-state index < -0.39 is 25.7 Å². The Balaban J connectivity index is 4.17. The Morgan fingerprint density at radius 2 is 1.93 bits per heavy atom. The van der Waals surface area contributed by atoms with Gasteiger partial charge < -0.3 is 9.05 Å². The molecule has 1 atom stereocenters. The van der Waals surface area contributed by atoms with Crippen LogP contribution in [-0.4, -0.2) is 25.9 Å². The first-order valence-corrected chi connectivity index (χ1v) is 6.43. The number of alkyl halides is 1. The van der Waals surface area contributed by atoms with E-state index in [-0.39, 0.29) is 0 Å². The van der Waals surface area contributed by atoms with Crippen molar-refractivity contribution in [1.82, 2.24) is 0 Å². The van der Waals surface area contributed by atoms with Gasteiger partial charge in [0.15, 0.2) is 0 Å². The molecule has 0 saturated heterocycles. The zero-order valence-electron chi connectivity index (χ0n) is 9.36. The van der Waals surface area contributed by atoms with Crippen LogP contribution in [0.15, 0.2) is 0 Å². The van der Waals surface area contributed by atoms with Crippen molar-refractivity contribution in [2.24, 2.45) is 0 Å². The molecule has 0 aliphatic rings. The number of carbonyl (C=O) groups is 1. The van der Waals surface area contributed by atoms with Gasteiger partial charge in [-0.15, -0.1) is 0 Å². The highest BCUT2D eigenvalue weighted by Crippen LogP contribution is 2.48. The Hall–Kier alpha value is -0.250. The van der Waals surface area contributed by atoms with Crippen LogP contribution in [0.4, 0.5) is 4.39 Å². The van der Waals surface area contributed by atoms with Gasteiger partial charge >= 0.3 is 7.60 Å². The van der Waals surface area contributed by atoms with Crippen LogP contribution in [0.3, 0.4) is 0 Å². The molecule has 4 nitrogen and oxygen atoms in total. The molecule has 0 rings (SSSR count). The highest BCUT2D eigenvalue weighted by Gasteiger charge is 2.33. The van der Waals surface area contributed by atoms with Crippen molar-refractivity contribution in [3.8, 4) is 0 Å². The van der Waals surface area contributed by atoms with Gasteiger partial charge in [-0.1, -0.05) is 19.8 Å². The number of halogens is 1. The summed E-state index contributed by atoms with van der Waals surface area (Å²) in [7, 11) is -1.51. The lowest BCUT2D eigenvalue weighted by Crippen LogP contribution is -2.11. The average molecular weight is 240 g/mol. The van der Waals surface area contributed by atoms with Crippen molar-refractivity contribution in [2.45, 2.75) is 38.8 Å². The van der Waals surface area contributed by atoms with E-state index in [1.54, 1.807) is 0 Å². The molecule has 0 spiro atoms. The third-order valence-electron chi connectivity index (χ3n) is 2.05. The van der Waals surface area contributed by atoms with Crippen LogP contribution >= 0.6 is 7.60 Å². The minimum Gasteiger partial charge on any atom is -0.307 e. The van der Waals surface area contributed by atoms with Crippen LogP contribution < -0.4 is 0 Å². The van der Waals surface area contributed by atoms with Crippen LogP contribution in [0.1, 0.15) is 32.6 Å². The van der Waals surface area contributed by atoms with E-state index in [1.807, 2.05) is 6.92 Å². The van der Waals surface area contributed by atoms with Gasteiger partial charge in [0.2, 0.25) is 5.52 Å². The van der Waals surface area contributed by atoms with Crippen molar-refractivity contribution in [2.75, 3.05) is 14.2 Å². The summed E-state index contributed by atoms with van der Waals surface area (Å²) in [6, 6.07) is 0. The lowest BCUT2D eigenvalue weighted by Gasteiger charge is -2.13. The Morgan fingerprint density at radius 3 is 2.33 bits per heavy atom. The van der Waals surface area contributed by atoms with E-state index in [2.05, 4.69) is 9.05 Å². The van der Waals surface area contributed by atoms with Crippen molar-refractivity contribution in [3.05, 3.63) is 0 Å². The second-order valence-corrected chi connectivity index (χ2v) is 5.42. The fourth-order valence-corrected chi connectivity index (χ4v) is 2.09. The first kappa shape index (κ1) is 14.8. The summed E-state index contributed by atoms with van der Waals surface area (Å²) in [4.78, 5) is 11.3. The van der Waals surface area contributed by atoms with Gasteiger partial charge in [-0.25, -0.2) is 4.39 Å². The normalized spacial score (nSPS) is 13.9. The summed E-state index contributed by atoms with van der Waals surface area (Å²) < 4.78 is 33.6. The molecular weight excluding hydrogens is 222 g/mol. The molecular formula is C9H18FO4P. The molecule has 15 heavy (non-hydrogen) atoms. The van der Waals surface area contributed by atoms with Gasteiger partial charge in [0.1, 0.15) is 6.17 Å². The van der Waals surface area contributed by atoms with E-state index in [4.69, 9.17) is 0 Å². The fraction of sp³-hybridized carbons (Fsp3) is 0.889. The smallest absolute Gasteiger partial charge is 0.307 e. The number of rotatable bonds is 8. The van der Waals surface area contributed by atoms with E-state index in [0.29, 0.717) is 12.8 Å². The molecule has 0 aromatic rings. The van der Waals surface area contributed by atoms with Crippen LogP contribution in [0, 0.1) is 0 Å². The number of carbonyl (C=O) groups excluding carboxylic acids is 1. The van der Waals surface area contributed by atoms with Gasteiger partial charge in [0.25, 0.3) is 0 Å². The van der Waals surface area contributed by atoms with Gasteiger partial charge in [-0.2, -0.15) is 0 Å². The molecule has 1 unspecified atom stereocenters. The van der Waals surface area contributed by atoms with Crippen molar-refractivity contribution < 1.29 is 22.8 Å². The Kier molecular flexibility index (Phi) is 6.98. The monoisotopic (exact) mass is 240 g/mol. The lowest BCUT2D eigenvalue weighted by atomic mass is 10.1. The van der Waals surface area contributed by atoms with Crippen molar-refractivity contribution >= 4 is 13.1 Å². The summed E-state index contributed by atoms with van der Waals surface area (Å²) in [5.74, 6) is 0. The van der Waals surface area contributed by atoms with Crippen LogP contribution in [0.2, 0.25) is 0 Å². The molecule has 0 aromatic carbocycles. The number of hydrogen-bond donors (Lipinski definition) is 0. The molecule has 0 N–H and O–H groups in total. The topological polar surface area (TPSA) is 52.6 Å². The van der Waals surface area contributed by atoms with E-state index in [9.17, 15) is 13.8 Å². The molecule has 0 bridgehead atoms. The fourth-order valence-electron chi connectivity index (χ4n) is 1.11. The predicted molar refractivity (Wildman–Crippen MR) is 55.7 cm³/mol. The minimum absolute atomic E-state index is 0.301. The van der Waals surface area contributed by atoms with Gasteiger partial charge in [0.05, 0.1) is 6.42 Å². The van der Waals surface area contributed by atoms with Crippen molar-refractivity contribution in [1.29, 1.82) is 0 Å². The predicted octanol–water partition coefficient (Wildman–Crippen LogP) is 2.92. The standard InChI is InChI=1S/C9H18FO4P/c1-4-5-6-8(10)7-9(11)15(12,13-2)14-3/h8H,4-7H2,1-3H3. The summed E-state index contributed by atoms with van der Waals surface area (Å²) >= 11 is 0. The molecule has 6 heteroatoms. The Labute approximate surface area is 89.7 Å². The zero-order chi connectivity index (χ0) is 11.9. The van der Waals surface area contributed by atoms with E-state index in [0.717, 1.165) is 20.6 Å². The minimum atomic E-state index is -3.74. The third-order valence-corrected chi connectivity index (χ3v) is 3.81. The molecule has 0 aromatic heterocycles. The third kappa shape index (κ3) is 4.87. The maximum Gasteiger partial charge on any atom is 0.396 e. The molecule has 0 radical (unpaired) electrons. The van der Waals surface area contributed by atoms with Gasteiger partial charge in [-0.3, -0.25) is 9.36 Å². The first-order chi connectivity index (χ1) is 7.00. The molecule has 0 amide bonds. The van der Waals surface area contributed by atoms with Gasteiger partial charge in [-0.05, 0) is 6.42 Å². The number of unbranched alkanes of at least 4 members (excludes halogenated alkanes) is 1. The molecule has 0 fully saturated rings. The largest absolute Gasteiger partial charge is 0.396 e. The molecule has 0 saturated carbocycles. The van der Waals surface area contributed by atoms with Crippen LogP contribution in [-0.2, 0) is 18.4 Å². The summed E-state index contributed by atoms with van der Waals surface area (Å²) in [6.45, 7) is 1.93. The van der Waals surface area contributed by atoms with Crippen LogP contribution in [0.25, 0.3) is 0 Å². The Morgan fingerprint density at radius 1 is 1.40 bits per heavy atom. The molecule has 0 aliphatic carbocycles. The average Bonchev–Trinajstić information content (AvgIpc) is 2.24. The highest BCUT2D eigenvalue weighted by atomic mass is 31.2. The van der Waals surface area contributed by atoms with E-state index >= 15 is 0 Å². The summed E-state index contributed by atoms with van der Waals surface area (Å²) in [6.07, 6.45) is 0.199. The zero-order valence-corrected chi connectivity index (χ0v) is 10.3. The lowest BCUT2D eigenvalue weighted by molar-refractivity contribution is -0.114. The van der Waals surface area contributed by atoms with Crippen molar-refractivity contribution in [3.63, 3.8) is 0 Å². The molecule has 0 aliphatic heterocycles. The maximum atomic E-state index is 13.2. The van der Waals surface area contributed by atoms with Gasteiger partial charge in [0, 0.05) is 14.2 Å². The highest BCUT2D eigenvalue weighted by molar-refractivity contribution is 7.71. The number of hydrogen-bond acceptors (Lipinski definition) is 4. The maximum absolute atomic E-state index is 13.2. The first-order valence-electron chi connectivity index (χ1n) is 4.89. The van der Waals surface area contributed by atoms with E-state index in [1.165, 1.54) is 0 Å². The second-order valence-electron chi connectivity index (χ2n) is 3.20. The SMILES string of the molecule is CCCCC(F)CC(=O)P(=O)(OC)OC. The molecule has 0 heterocycles. The summed E-state index contributed by atoms with van der Waals surface area (Å²) in [5.41, 5.74) is -0.795. The Bertz CT molecular complexity index is 236. The quantitative estimate of drug-likeness (QED) is 0.612. The molecule has 90 valence electrons. The second kappa shape index (κ2) is 7.09. The summed E-state index contributed by atoms with van der Waals surface area (Å²) in [5, 5.41) is 0.